The van der Waals surface area contributed by atoms with E-state index in [9.17, 15) is 0 Å². The number of nitrogens with one attached hydrogen (secondary N) is 1. The van der Waals surface area contributed by atoms with E-state index in [0.29, 0.717) is 0 Å². The molecule has 0 spiro atoms. The Hall–Kier alpha value is -0.870. The molecule has 3 rings (SSSR count). The molecule has 2 aromatic carbocycles. The highest BCUT2D eigenvalue weighted by Gasteiger charge is 2.33. The van der Waals surface area contributed by atoms with Crippen LogP contribution in [-0.4, -0.2) is 13.1 Å². The molecule has 0 atom stereocenters. The molecular formula is C15H16BrClN2. The summed E-state index contributed by atoms with van der Waals surface area (Å²) in [4.78, 5) is 0. The number of hydrogen-bond donors (Lipinski definition) is 2. The Balaban J connectivity index is 0.00000133. The van der Waals surface area contributed by atoms with Gasteiger partial charge >= 0.3 is 0 Å². The third kappa shape index (κ3) is 2.84. The average Bonchev–Trinajstić information content (AvgIpc) is 2.37. The van der Waals surface area contributed by atoms with Crippen LogP contribution in [0.5, 0.6) is 0 Å². The van der Waals surface area contributed by atoms with Crippen LogP contribution in [0, 0.1) is 0 Å². The second kappa shape index (κ2) is 5.63. The SMILES string of the molecule is Cl.NC1(c2ccc(-c3ccc(Br)cc3)cc2)CNC1. The van der Waals surface area contributed by atoms with Gasteiger partial charge < -0.3 is 11.1 Å². The molecule has 1 saturated heterocycles. The first kappa shape index (κ1) is 14.5. The van der Waals surface area contributed by atoms with E-state index < -0.39 is 0 Å². The van der Waals surface area contributed by atoms with E-state index in [1.54, 1.807) is 0 Å². The van der Waals surface area contributed by atoms with Gasteiger partial charge in [0, 0.05) is 17.6 Å². The number of nitrogens with two attached hydrogens (primary N) is 1. The predicted octanol–water partition coefficient (Wildman–Crippen LogP) is 3.30. The molecule has 1 heterocycles. The van der Waals surface area contributed by atoms with Crippen LogP contribution in [-0.2, 0) is 5.54 Å². The van der Waals surface area contributed by atoms with Crippen LogP contribution in [0.3, 0.4) is 0 Å². The lowest BCUT2D eigenvalue weighted by molar-refractivity contribution is 0.287. The van der Waals surface area contributed by atoms with Crippen LogP contribution < -0.4 is 11.1 Å². The van der Waals surface area contributed by atoms with E-state index in [0.717, 1.165) is 17.6 Å². The van der Waals surface area contributed by atoms with Crippen molar-refractivity contribution in [3.05, 3.63) is 58.6 Å². The number of rotatable bonds is 2. The Labute approximate surface area is 127 Å². The molecule has 0 aliphatic carbocycles. The second-order valence-electron chi connectivity index (χ2n) is 4.84. The van der Waals surface area contributed by atoms with E-state index in [4.69, 9.17) is 5.73 Å². The minimum Gasteiger partial charge on any atom is -0.319 e. The van der Waals surface area contributed by atoms with Gasteiger partial charge in [-0.2, -0.15) is 0 Å². The van der Waals surface area contributed by atoms with Gasteiger partial charge in [0.05, 0.1) is 5.54 Å². The van der Waals surface area contributed by atoms with Gasteiger partial charge in [0.1, 0.15) is 0 Å². The van der Waals surface area contributed by atoms with Gasteiger partial charge in [-0.3, -0.25) is 0 Å². The molecule has 0 saturated carbocycles. The Morgan fingerprint density at radius 1 is 0.895 bits per heavy atom. The average molecular weight is 340 g/mol. The predicted molar refractivity (Wildman–Crippen MR) is 85.6 cm³/mol. The van der Waals surface area contributed by atoms with Gasteiger partial charge in [-0.15, -0.1) is 12.4 Å². The fraction of sp³-hybridized carbons (Fsp3) is 0.200. The molecule has 0 unspecified atom stereocenters. The summed E-state index contributed by atoms with van der Waals surface area (Å²) in [7, 11) is 0. The van der Waals surface area contributed by atoms with Gasteiger partial charge in [0.2, 0.25) is 0 Å². The molecule has 19 heavy (non-hydrogen) atoms. The summed E-state index contributed by atoms with van der Waals surface area (Å²) in [5, 5.41) is 3.22. The summed E-state index contributed by atoms with van der Waals surface area (Å²) >= 11 is 3.45. The summed E-state index contributed by atoms with van der Waals surface area (Å²) in [5.74, 6) is 0. The standard InChI is InChI=1S/C15H15BrN2.ClH/c16-14-7-3-12(4-8-14)11-1-5-13(6-2-11)15(17)9-18-10-15;/h1-8,18H,9-10,17H2;1H. The maximum Gasteiger partial charge on any atom is 0.0662 e. The zero-order valence-corrected chi connectivity index (χ0v) is 12.8. The normalized spacial score (nSPS) is 16.3. The van der Waals surface area contributed by atoms with Crippen LogP contribution in [0.2, 0.25) is 0 Å². The van der Waals surface area contributed by atoms with Crippen molar-refractivity contribution >= 4 is 28.3 Å². The number of halogens is 2. The van der Waals surface area contributed by atoms with Gasteiger partial charge in [-0.05, 0) is 28.8 Å². The third-order valence-corrected chi connectivity index (χ3v) is 4.05. The Morgan fingerprint density at radius 2 is 1.37 bits per heavy atom. The van der Waals surface area contributed by atoms with Crippen molar-refractivity contribution in [2.45, 2.75) is 5.54 Å². The van der Waals surface area contributed by atoms with E-state index in [-0.39, 0.29) is 17.9 Å². The smallest absolute Gasteiger partial charge is 0.0662 e. The largest absolute Gasteiger partial charge is 0.319 e. The molecule has 2 aromatic rings. The molecule has 1 aliphatic rings. The summed E-state index contributed by atoms with van der Waals surface area (Å²) in [6.07, 6.45) is 0. The summed E-state index contributed by atoms with van der Waals surface area (Å²) < 4.78 is 1.10. The topological polar surface area (TPSA) is 38.0 Å². The quantitative estimate of drug-likeness (QED) is 0.881. The molecular weight excluding hydrogens is 324 g/mol. The first-order chi connectivity index (χ1) is 8.67. The zero-order valence-electron chi connectivity index (χ0n) is 10.4. The fourth-order valence-electron chi connectivity index (χ4n) is 2.24. The van der Waals surface area contributed by atoms with Crippen molar-refractivity contribution in [3.8, 4) is 11.1 Å². The van der Waals surface area contributed by atoms with Crippen molar-refractivity contribution < 1.29 is 0 Å². The molecule has 1 fully saturated rings. The molecule has 0 bridgehead atoms. The highest BCUT2D eigenvalue weighted by molar-refractivity contribution is 9.10. The van der Waals surface area contributed by atoms with Crippen molar-refractivity contribution in [1.82, 2.24) is 5.32 Å². The van der Waals surface area contributed by atoms with E-state index in [1.807, 2.05) is 0 Å². The van der Waals surface area contributed by atoms with Crippen molar-refractivity contribution in [2.24, 2.45) is 5.73 Å². The fourth-order valence-corrected chi connectivity index (χ4v) is 2.50. The highest BCUT2D eigenvalue weighted by atomic mass is 79.9. The van der Waals surface area contributed by atoms with E-state index in [2.05, 4.69) is 69.8 Å². The number of hydrogen-bond acceptors (Lipinski definition) is 2. The van der Waals surface area contributed by atoms with Gasteiger partial charge in [-0.25, -0.2) is 0 Å². The lowest BCUT2D eigenvalue weighted by atomic mass is 9.85. The molecule has 0 radical (unpaired) electrons. The van der Waals surface area contributed by atoms with Gasteiger partial charge in [-0.1, -0.05) is 52.3 Å². The van der Waals surface area contributed by atoms with Crippen LogP contribution in [0.15, 0.2) is 53.0 Å². The Bertz CT molecular complexity index is 547. The van der Waals surface area contributed by atoms with Crippen molar-refractivity contribution in [2.75, 3.05) is 13.1 Å². The Morgan fingerprint density at radius 3 is 1.79 bits per heavy atom. The minimum absolute atomic E-state index is 0. The molecule has 3 N–H and O–H groups in total. The lowest BCUT2D eigenvalue weighted by Gasteiger charge is -2.39. The lowest BCUT2D eigenvalue weighted by Crippen LogP contribution is -2.62. The minimum atomic E-state index is -0.168. The second-order valence-corrected chi connectivity index (χ2v) is 5.76. The van der Waals surface area contributed by atoms with Crippen molar-refractivity contribution in [1.29, 1.82) is 0 Å². The monoisotopic (exact) mass is 338 g/mol. The molecule has 0 aromatic heterocycles. The molecule has 4 heteroatoms. The molecule has 0 amide bonds. The van der Waals surface area contributed by atoms with E-state index in [1.165, 1.54) is 16.7 Å². The molecule has 2 nitrogen and oxygen atoms in total. The molecule has 100 valence electrons. The van der Waals surface area contributed by atoms with Crippen LogP contribution in [0.25, 0.3) is 11.1 Å². The third-order valence-electron chi connectivity index (χ3n) is 3.52. The van der Waals surface area contributed by atoms with Crippen LogP contribution >= 0.6 is 28.3 Å². The maximum absolute atomic E-state index is 6.26. The first-order valence-electron chi connectivity index (χ1n) is 6.03. The van der Waals surface area contributed by atoms with Crippen molar-refractivity contribution in [3.63, 3.8) is 0 Å². The maximum atomic E-state index is 6.26. The highest BCUT2D eigenvalue weighted by Crippen LogP contribution is 2.26. The van der Waals surface area contributed by atoms with Crippen LogP contribution in [0.4, 0.5) is 0 Å². The zero-order chi connectivity index (χ0) is 12.6. The van der Waals surface area contributed by atoms with E-state index >= 15 is 0 Å². The summed E-state index contributed by atoms with van der Waals surface area (Å²) in [6, 6.07) is 16.9. The van der Waals surface area contributed by atoms with Gasteiger partial charge in [0.25, 0.3) is 0 Å². The molecule has 1 aliphatic heterocycles. The number of benzene rings is 2. The first-order valence-corrected chi connectivity index (χ1v) is 6.83. The summed E-state index contributed by atoms with van der Waals surface area (Å²) in [5.41, 5.74) is 9.75. The summed E-state index contributed by atoms with van der Waals surface area (Å²) in [6.45, 7) is 1.73. The van der Waals surface area contributed by atoms with Crippen LogP contribution in [0.1, 0.15) is 5.56 Å². The van der Waals surface area contributed by atoms with Gasteiger partial charge in [0.15, 0.2) is 0 Å². The Kier molecular flexibility index (Phi) is 4.31.